The molecule has 1 aromatic rings. The lowest BCUT2D eigenvalue weighted by Gasteiger charge is -2.19. The Bertz CT molecular complexity index is 656. The van der Waals surface area contributed by atoms with E-state index in [1.54, 1.807) is 0 Å². The Labute approximate surface area is 116 Å². The SMILES string of the molecule is CC1(O)CCN(S(=O)(=O)c2cccc(N)c2[N+](=O)[O-])C1. The van der Waals surface area contributed by atoms with Gasteiger partial charge in [-0.3, -0.25) is 10.1 Å². The maximum atomic E-state index is 12.5. The lowest BCUT2D eigenvalue weighted by molar-refractivity contribution is -0.386. The second-order valence-corrected chi connectivity index (χ2v) is 6.94. The van der Waals surface area contributed by atoms with E-state index in [1.165, 1.54) is 19.1 Å². The fourth-order valence-corrected chi connectivity index (χ4v) is 3.94. The van der Waals surface area contributed by atoms with E-state index in [0.717, 1.165) is 10.4 Å². The maximum absolute atomic E-state index is 12.5. The van der Waals surface area contributed by atoms with Gasteiger partial charge >= 0.3 is 5.69 Å². The third-order valence-electron chi connectivity index (χ3n) is 3.25. The van der Waals surface area contributed by atoms with E-state index in [-0.39, 0.29) is 25.2 Å². The number of nitrogens with zero attached hydrogens (tertiary/aromatic N) is 2. The summed E-state index contributed by atoms with van der Waals surface area (Å²) in [5, 5.41) is 20.9. The summed E-state index contributed by atoms with van der Waals surface area (Å²) in [6, 6.07) is 3.78. The number of benzene rings is 1. The van der Waals surface area contributed by atoms with Crippen LogP contribution in [0.3, 0.4) is 0 Å². The molecule has 1 fully saturated rings. The molecule has 1 saturated heterocycles. The van der Waals surface area contributed by atoms with Gasteiger partial charge in [0.05, 0.1) is 10.5 Å². The van der Waals surface area contributed by atoms with Crippen LogP contribution in [0.15, 0.2) is 23.1 Å². The normalized spacial score (nSPS) is 23.9. The Balaban J connectivity index is 2.51. The number of rotatable bonds is 3. The van der Waals surface area contributed by atoms with Crippen molar-refractivity contribution in [2.75, 3.05) is 18.8 Å². The second-order valence-electron chi connectivity index (χ2n) is 5.04. The molecule has 0 aromatic heterocycles. The Kier molecular flexibility index (Phi) is 3.44. The molecule has 20 heavy (non-hydrogen) atoms. The first-order chi connectivity index (χ1) is 9.15. The highest BCUT2D eigenvalue weighted by Crippen LogP contribution is 2.34. The van der Waals surface area contributed by atoms with Crippen molar-refractivity contribution in [2.24, 2.45) is 0 Å². The molecule has 1 unspecified atom stereocenters. The van der Waals surface area contributed by atoms with Crippen LogP contribution in [0.25, 0.3) is 0 Å². The number of sulfonamides is 1. The van der Waals surface area contributed by atoms with Crippen molar-refractivity contribution in [1.82, 2.24) is 4.31 Å². The third-order valence-corrected chi connectivity index (χ3v) is 5.12. The minimum Gasteiger partial charge on any atom is -0.393 e. The number of nitro groups is 1. The van der Waals surface area contributed by atoms with Gasteiger partial charge in [-0.05, 0) is 25.5 Å². The number of para-hydroxylation sites is 1. The molecular formula is C11H15N3O5S. The summed E-state index contributed by atoms with van der Waals surface area (Å²) in [4.78, 5) is 9.77. The monoisotopic (exact) mass is 301 g/mol. The zero-order valence-electron chi connectivity index (χ0n) is 10.8. The molecule has 1 aliphatic heterocycles. The van der Waals surface area contributed by atoms with E-state index in [1.807, 2.05) is 0 Å². The van der Waals surface area contributed by atoms with Gasteiger partial charge in [0.2, 0.25) is 10.0 Å². The number of hydrogen-bond acceptors (Lipinski definition) is 6. The number of aliphatic hydroxyl groups is 1. The molecule has 2 rings (SSSR count). The molecule has 3 N–H and O–H groups in total. The first-order valence-electron chi connectivity index (χ1n) is 5.90. The van der Waals surface area contributed by atoms with Gasteiger partial charge in [-0.25, -0.2) is 8.42 Å². The zero-order chi connectivity index (χ0) is 15.1. The molecule has 0 radical (unpaired) electrons. The third kappa shape index (κ3) is 2.47. The van der Waals surface area contributed by atoms with Crippen molar-refractivity contribution in [1.29, 1.82) is 0 Å². The van der Waals surface area contributed by atoms with E-state index in [0.29, 0.717) is 0 Å². The van der Waals surface area contributed by atoms with Gasteiger partial charge in [0.15, 0.2) is 4.90 Å². The van der Waals surface area contributed by atoms with Crippen LogP contribution in [0.1, 0.15) is 13.3 Å². The van der Waals surface area contributed by atoms with Crippen molar-refractivity contribution >= 4 is 21.4 Å². The highest BCUT2D eigenvalue weighted by molar-refractivity contribution is 7.89. The van der Waals surface area contributed by atoms with Crippen LogP contribution in [0.2, 0.25) is 0 Å². The molecule has 0 amide bonds. The quantitative estimate of drug-likeness (QED) is 0.470. The molecule has 0 saturated carbocycles. The highest BCUT2D eigenvalue weighted by Gasteiger charge is 2.41. The van der Waals surface area contributed by atoms with Gasteiger partial charge in [-0.2, -0.15) is 4.31 Å². The summed E-state index contributed by atoms with van der Waals surface area (Å²) in [7, 11) is -4.06. The van der Waals surface area contributed by atoms with Crippen molar-refractivity contribution in [2.45, 2.75) is 23.8 Å². The maximum Gasteiger partial charge on any atom is 0.312 e. The average molecular weight is 301 g/mol. The van der Waals surface area contributed by atoms with Crippen LogP contribution in [0.5, 0.6) is 0 Å². The lowest BCUT2D eigenvalue weighted by Crippen LogP contribution is -2.34. The Hall–Kier alpha value is -1.71. The molecular weight excluding hydrogens is 286 g/mol. The van der Waals surface area contributed by atoms with E-state index in [9.17, 15) is 23.6 Å². The average Bonchev–Trinajstić information content (AvgIpc) is 2.69. The smallest absolute Gasteiger partial charge is 0.312 e. The van der Waals surface area contributed by atoms with Gasteiger partial charge in [-0.1, -0.05) is 6.07 Å². The van der Waals surface area contributed by atoms with Gasteiger partial charge in [-0.15, -0.1) is 0 Å². The van der Waals surface area contributed by atoms with E-state index < -0.39 is 31.1 Å². The molecule has 9 heteroatoms. The van der Waals surface area contributed by atoms with Crippen LogP contribution in [0, 0.1) is 10.1 Å². The molecule has 0 bridgehead atoms. The van der Waals surface area contributed by atoms with Crippen molar-refractivity contribution < 1.29 is 18.4 Å². The summed E-state index contributed by atoms with van der Waals surface area (Å²) in [5.41, 5.74) is 3.54. The van der Waals surface area contributed by atoms with Gasteiger partial charge in [0.1, 0.15) is 5.69 Å². The Morgan fingerprint density at radius 2 is 2.15 bits per heavy atom. The molecule has 8 nitrogen and oxygen atoms in total. The van der Waals surface area contributed by atoms with Crippen LogP contribution in [-0.2, 0) is 10.0 Å². The van der Waals surface area contributed by atoms with Crippen molar-refractivity contribution in [3.05, 3.63) is 28.3 Å². The van der Waals surface area contributed by atoms with Crippen LogP contribution < -0.4 is 5.73 Å². The summed E-state index contributed by atoms with van der Waals surface area (Å²) in [5.74, 6) is 0. The molecule has 1 aliphatic rings. The van der Waals surface area contributed by atoms with Crippen LogP contribution in [0.4, 0.5) is 11.4 Å². The largest absolute Gasteiger partial charge is 0.393 e. The first-order valence-corrected chi connectivity index (χ1v) is 7.34. The first kappa shape index (κ1) is 14.7. The number of nitrogens with two attached hydrogens (primary N) is 1. The number of β-amino-alcohol motifs (C(OH)–C–C–N with tert-alkyl or cyclic N) is 1. The number of nitrogen functional groups attached to an aromatic ring is 1. The predicted octanol–water partition coefficient (Wildman–Crippen LogP) is 0.322. The molecule has 0 aliphatic carbocycles. The molecule has 1 heterocycles. The number of hydrogen-bond donors (Lipinski definition) is 2. The Morgan fingerprint density at radius 1 is 1.50 bits per heavy atom. The summed E-state index contributed by atoms with van der Waals surface area (Å²) < 4.78 is 25.9. The Morgan fingerprint density at radius 3 is 2.65 bits per heavy atom. The molecule has 1 atom stereocenters. The number of nitro benzene ring substituents is 1. The minimum atomic E-state index is -4.06. The summed E-state index contributed by atoms with van der Waals surface area (Å²) in [6.07, 6.45) is 0.280. The van der Waals surface area contributed by atoms with Crippen LogP contribution >= 0.6 is 0 Å². The highest BCUT2D eigenvalue weighted by atomic mass is 32.2. The standard InChI is InChI=1S/C11H15N3O5S/c1-11(15)5-6-13(7-11)20(18,19)9-4-2-3-8(12)10(9)14(16)17/h2-4,15H,5-7,12H2,1H3. The lowest BCUT2D eigenvalue weighted by atomic mass is 10.1. The summed E-state index contributed by atoms with van der Waals surface area (Å²) >= 11 is 0. The van der Waals surface area contributed by atoms with Crippen molar-refractivity contribution in [3.63, 3.8) is 0 Å². The van der Waals surface area contributed by atoms with E-state index in [2.05, 4.69) is 0 Å². The zero-order valence-corrected chi connectivity index (χ0v) is 11.6. The minimum absolute atomic E-state index is 0.0959. The molecule has 0 spiro atoms. The fourth-order valence-electron chi connectivity index (χ4n) is 2.19. The summed E-state index contributed by atoms with van der Waals surface area (Å²) in [6.45, 7) is 1.54. The fraction of sp³-hybridized carbons (Fsp3) is 0.455. The molecule has 110 valence electrons. The van der Waals surface area contributed by atoms with Gasteiger partial charge < -0.3 is 10.8 Å². The topological polar surface area (TPSA) is 127 Å². The second kappa shape index (κ2) is 4.69. The van der Waals surface area contributed by atoms with E-state index >= 15 is 0 Å². The van der Waals surface area contributed by atoms with Gasteiger partial charge in [0, 0.05) is 13.1 Å². The van der Waals surface area contributed by atoms with Crippen molar-refractivity contribution in [3.8, 4) is 0 Å². The predicted molar refractivity (Wildman–Crippen MR) is 71.5 cm³/mol. The van der Waals surface area contributed by atoms with Crippen LogP contribution in [-0.4, -0.2) is 41.4 Å². The number of anilines is 1. The van der Waals surface area contributed by atoms with E-state index in [4.69, 9.17) is 5.73 Å². The molecule has 1 aromatic carbocycles. The van der Waals surface area contributed by atoms with Gasteiger partial charge in [0.25, 0.3) is 0 Å².